The predicted molar refractivity (Wildman–Crippen MR) is 59.2 cm³/mol. The lowest BCUT2D eigenvalue weighted by Crippen LogP contribution is -2.40. The number of carbonyl (C=O) groups excluding carboxylic acids is 2. The molecule has 0 bridgehead atoms. The highest BCUT2D eigenvalue weighted by atomic mass is 16.2. The van der Waals surface area contributed by atoms with E-state index >= 15 is 0 Å². The molecular weight excluding hydrogens is 194 g/mol. The van der Waals surface area contributed by atoms with Crippen LogP contribution in [-0.2, 0) is 9.59 Å². The fourth-order valence-corrected chi connectivity index (χ4v) is 1.27. The van der Waals surface area contributed by atoms with Crippen molar-refractivity contribution in [3.8, 4) is 0 Å². The molecule has 0 aliphatic carbocycles. The summed E-state index contributed by atoms with van der Waals surface area (Å²) in [6.45, 7) is 2.40. The van der Waals surface area contributed by atoms with Gasteiger partial charge in [-0.3, -0.25) is 9.59 Å². The van der Waals surface area contributed by atoms with Crippen molar-refractivity contribution in [1.29, 1.82) is 0 Å². The average molecular weight is 215 g/mol. The van der Waals surface area contributed by atoms with Gasteiger partial charge in [-0.2, -0.15) is 0 Å². The second-order valence-corrected chi connectivity index (χ2v) is 3.55. The minimum absolute atomic E-state index is 0.0163. The van der Waals surface area contributed by atoms with E-state index in [1.54, 1.807) is 0 Å². The maximum Gasteiger partial charge on any atom is 0.221 e. The largest absolute Gasteiger partial charge is 0.346 e. The van der Waals surface area contributed by atoms with Crippen LogP contribution in [-0.4, -0.2) is 30.8 Å². The van der Waals surface area contributed by atoms with Gasteiger partial charge < -0.3 is 16.8 Å². The van der Waals surface area contributed by atoms with Gasteiger partial charge >= 0.3 is 0 Å². The Kier molecular flexibility index (Phi) is 7.85. The zero-order chi connectivity index (χ0) is 11.7. The van der Waals surface area contributed by atoms with Crippen molar-refractivity contribution >= 4 is 11.7 Å². The Hall–Kier alpha value is -0.940. The highest BCUT2D eigenvalue weighted by molar-refractivity contribution is 5.87. The van der Waals surface area contributed by atoms with Gasteiger partial charge in [0.25, 0.3) is 0 Å². The lowest BCUT2D eigenvalue weighted by Gasteiger charge is -2.15. The molecule has 5 heteroatoms. The van der Waals surface area contributed by atoms with Gasteiger partial charge in [0, 0.05) is 13.0 Å². The topological polar surface area (TPSA) is 98.2 Å². The van der Waals surface area contributed by atoms with Crippen LogP contribution in [0.1, 0.15) is 32.6 Å². The number of rotatable bonds is 8. The Labute approximate surface area is 90.6 Å². The van der Waals surface area contributed by atoms with Crippen molar-refractivity contribution < 1.29 is 9.59 Å². The van der Waals surface area contributed by atoms with Gasteiger partial charge in [0.1, 0.15) is 0 Å². The molecule has 15 heavy (non-hydrogen) atoms. The maximum absolute atomic E-state index is 11.2. The molecule has 0 saturated heterocycles. The second kappa shape index (κ2) is 8.38. The van der Waals surface area contributed by atoms with Crippen LogP contribution in [0.2, 0.25) is 0 Å². The molecule has 0 fully saturated rings. The number of amides is 1. The summed E-state index contributed by atoms with van der Waals surface area (Å²) >= 11 is 0. The molecule has 0 radical (unpaired) electrons. The SMILES string of the molecule is CC(=O)[C@H](CCCCN)NC(=O)CCN. The summed E-state index contributed by atoms with van der Waals surface area (Å²) in [4.78, 5) is 22.4. The number of nitrogens with two attached hydrogens (primary N) is 2. The van der Waals surface area contributed by atoms with Crippen LogP contribution in [0.5, 0.6) is 0 Å². The van der Waals surface area contributed by atoms with Crippen molar-refractivity contribution in [3.05, 3.63) is 0 Å². The van der Waals surface area contributed by atoms with Gasteiger partial charge in [-0.15, -0.1) is 0 Å². The number of hydrogen-bond donors (Lipinski definition) is 3. The molecule has 5 nitrogen and oxygen atoms in total. The summed E-state index contributed by atoms with van der Waals surface area (Å²) in [7, 11) is 0. The first-order valence-electron chi connectivity index (χ1n) is 5.31. The van der Waals surface area contributed by atoms with Gasteiger partial charge in [0.2, 0.25) is 5.91 Å². The van der Waals surface area contributed by atoms with Crippen LogP contribution < -0.4 is 16.8 Å². The van der Waals surface area contributed by atoms with E-state index in [0.717, 1.165) is 12.8 Å². The average Bonchev–Trinajstić information content (AvgIpc) is 2.16. The van der Waals surface area contributed by atoms with E-state index in [1.165, 1.54) is 6.92 Å². The van der Waals surface area contributed by atoms with Crippen molar-refractivity contribution in [2.45, 2.75) is 38.6 Å². The minimum Gasteiger partial charge on any atom is -0.346 e. The maximum atomic E-state index is 11.2. The standard InChI is InChI=1S/C10H21N3O2/c1-8(14)9(4-2-3-6-11)13-10(15)5-7-12/h9H,2-7,11-12H2,1H3,(H,13,15)/t9-/m0/s1. The molecule has 1 amide bonds. The first kappa shape index (κ1) is 14.1. The molecule has 0 aliphatic rings. The normalized spacial score (nSPS) is 12.2. The second-order valence-electron chi connectivity index (χ2n) is 3.55. The molecular formula is C10H21N3O2. The molecule has 88 valence electrons. The number of carbonyl (C=O) groups is 2. The summed E-state index contributed by atoms with van der Waals surface area (Å²) in [6, 6.07) is -0.379. The molecule has 0 unspecified atom stereocenters. The summed E-state index contributed by atoms with van der Waals surface area (Å²) in [5.74, 6) is -0.178. The van der Waals surface area contributed by atoms with Gasteiger partial charge in [-0.05, 0) is 32.7 Å². The molecule has 0 aliphatic heterocycles. The predicted octanol–water partition coefficient (Wildman–Crippen LogP) is -0.462. The van der Waals surface area contributed by atoms with Gasteiger partial charge in [-0.25, -0.2) is 0 Å². The summed E-state index contributed by atoms with van der Waals surface area (Å²) < 4.78 is 0. The third-order valence-electron chi connectivity index (χ3n) is 2.14. The van der Waals surface area contributed by atoms with Crippen LogP contribution in [0, 0.1) is 0 Å². The van der Waals surface area contributed by atoms with Crippen LogP contribution in [0.3, 0.4) is 0 Å². The van der Waals surface area contributed by atoms with E-state index in [2.05, 4.69) is 5.32 Å². The van der Waals surface area contributed by atoms with E-state index in [9.17, 15) is 9.59 Å². The Morgan fingerprint density at radius 1 is 1.20 bits per heavy atom. The van der Waals surface area contributed by atoms with Crippen LogP contribution in [0.25, 0.3) is 0 Å². The molecule has 0 aromatic heterocycles. The lowest BCUT2D eigenvalue weighted by molar-refractivity contribution is -0.126. The van der Waals surface area contributed by atoms with Gasteiger partial charge in [-0.1, -0.05) is 0 Å². The van der Waals surface area contributed by atoms with Crippen LogP contribution in [0.15, 0.2) is 0 Å². The zero-order valence-corrected chi connectivity index (χ0v) is 9.29. The van der Waals surface area contributed by atoms with Gasteiger partial charge in [0.15, 0.2) is 5.78 Å². The number of hydrogen-bond acceptors (Lipinski definition) is 4. The Balaban J connectivity index is 3.93. The van der Waals surface area contributed by atoms with Crippen LogP contribution in [0.4, 0.5) is 0 Å². The molecule has 0 aromatic carbocycles. The van der Waals surface area contributed by atoms with E-state index in [0.29, 0.717) is 19.5 Å². The van der Waals surface area contributed by atoms with E-state index < -0.39 is 0 Å². The highest BCUT2D eigenvalue weighted by Crippen LogP contribution is 2.01. The summed E-state index contributed by atoms with van der Waals surface area (Å²) in [6.07, 6.45) is 2.64. The molecule has 5 N–H and O–H groups in total. The van der Waals surface area contributed by atoms with E-state index in [-0.39, 0.29) is 24.2 Å². The molecule has 1 atom stereocenters. The number of nitrogens with one attached hydrogen (secondary N) is 1. The van der Waals surface area contributed by atoms with Crippen molar-refractivity contribution in [3.63, 3.8) is 0 Å². The fraction of sp³-hybridized carbons (Fsp3) is 0.800. The Morgan fingerprint density at radius 2 is 1.87 bits per heavy atom. The number of unbranched alkanes of at least 4 members (excludes halogenated alkanes) is 1. The van der Waals surface area contributed by atoms with Crippen molar-refractivity contribution in [1.82, 2.24) is 5.32 Å². The molecule has 0 heterocycles. The molecule has 0 aromatic rings. The monoisotopic (exact) mass is 215 g/mol. The van der Waals surface area contributed by atoms with Crippen LogP contribution >= 0.6 is 0 Å². The molecule has 0 saturated carbocycles. The first-order chi connectivity index (χ1) is 7.11. The minimum atomic E-state index is -0.379. The molecule has 0 rings (SSSR count). The number of Topliss-reactive ketones (excluding diaryl/α,β-unsaturated/α-hetero) is 1. The lowest BCUT2D eigenvalue weighted by atomic mass is 10.1. The fourth-order valence-electron chi connectivity index (χ4n) is 1.27. The van der Waals surface area contributed by atoms with Gasteiger partial charge in [0.05, 0.1) is 6.04 Å². The quantitative estimate of drug-likeness (QED) is 0.477. The van der Waals surface area contributed by atoms with E-state index in [1.807, 2.05) is 0 Å². The zero-order valence-electron chi connectivity index (χ0n) is 9.29. The summed E-state index contributed by atoms with van der Waals surface area (Å²) in [5, 5.41) is 2.67. The third kappa shape index (κ3) is 7.04. The Morgan fingerprint density at radius 3 is 2.33 bits per heavy atom. The highest BCUT2D eigenvalue weighted by Gasteiger charge is 2.15. The number of ketones is 1. The van der Waals surface area contributed by atoms with Crippen molar-refractivity contribution in [2.24, 2.45) is 11.5 Å². The smallest absolute Gasteiger partial charge is 0.221 e. The third-order valence-corrected chi connectivity index (χ3v) is 2.14. The first-order valence-corrected chi connectivity index (χ1v) is 5.31. The van der Waals surface area contributed by atoms with Crippen molar-refractivity contribution in [2.75, 3.05) is 13.1 Å². The summed E-state index contributed by atoms with van der Waals surface area (Å²) in [5.41, 5.74) is 10.6. The molecule has 0 spiro atoms. The van der Waals surface area contributed by atoms with E-state index in [4.69, 9.17) is 11.5 Å². The Bertz CT molecular complexity index is 207.